The lowest BCUT2D eigenvalue weighted by Gasteiger charge is -2.08. The van der Waals surface area contributed by atoms with E-state index in [9.17, 15) is 10.2 Å². The summed E-state index contributed by atoms with van der Waals surface area (Å²) in [5.74, 6) is 0.128. The molecule has 0 unspecified atom stereocenters. The van der Waals surface area contributed by atoms with Crippen LogP contribution in [-0.4, -0.2) is 10.2 Å². The summed E-state index contributed by atoms with van der Waals surface area (Å²) < 4.78 is 0. The van der Waals surface area contributed by atoms with E-state index in [4.69, 9.17) is 0 Å². The van der Waals surface area contributed by atoms with E-state index in [1.54, 1.807) is 25.1 Å². The minimum absolute atomic E-state index is 0.0601. The molecule has 0 aromatic heterocycles. The van der Waals surface area contributed by atoms with Crippen LogP contribution in [0.25, 0.3) is 12.2 Å². The molecule has 68 valence electrons. The van der Waals surface area contributed by atoms with Crippen LogP contribution in [0.4, 0.5) is 0 Å². The van der Waals surface area contributed by atoms with E-state index >= 15 is 0 Å². The minimum atomic E-state index is 0.0601. The van der Waals surface area contributed by atoms with Gasteiger partial charge in [0.1, 0.15) is 11.5 Å². The van der Waals surface area contributed by atoms with Crippen LogP contribution in [-0.2, 0) is 0 Å². The summed E-state index contributed by atoms with van der Waals surface area (Å²) in [6, 6.07) is 1.55. The normalized spacial score (nSPS) is 9.62. The first kappa shape index (κ1) is 9.39. The van der Waals surface area contributed by atoms with Crippen molar-refractivity contribution in [3.63, 3.8) is 0 Å². The Morgan fingerprint density at radius 2 is 1.85 bits per heavy atom. The van der Waals surface area contributed by atoms with Crippen LogP contribution in [0.1, 0.15) is 16.7 Å². The Labute approximate surface area is 77.5 Å². The monoisotopic (exact) mass is 176 g/mol. The predicted molar refractivity (Wildman–Crippen MR) is 54.7 cm³/mol. The van der Waals surface area contributed by atoms with Crippen molar-refractivity contribution in [2.24, 2.45) is 0 Å². The van der Waals surface area contributed by atoms with Gasteiger partial charge in [-0.25, -0.2) is 0 Å². The highest BCUT2D eigenvalue weighted by Gasteiger charge is 2.09. The van der Waals surface area contributed by atoms with E-state index < -0.39 is 0 Å². The second kappa shape index (κ2) is 3.35. The maximum absolute atomic E-state index is 9.61. The Morgan fingerprint density at radius 3 is 2.31 bits per heavy atom. The molecule has 1 aromatic carbocycles. The van der Waals surface area contributed by atoms with Gasteiger partial charge in [0.15, 0.2) is 0 Å². The zero-order valence-electron chi connectivity index (χ0n) is 7.54. The van der Waals surface area contributed by atoms with Gasteiger partial charge in [0.25, 0.3) is 0 Å². The fraction of sp³-hybridized carbons (Fsp3) is 0.0909. The molecule has 0 radical (unpaired) electrons. The van der Waals surface area contributed by atoms with Crippen molar-refractivity contribution in [1.29, 1.82) is 0 Å². The largest absolute Gasteiger partial charge is 0.508 e. The summed E-state index contributed by atoms with van der Waals surface area (Å²) in [4.78, 5) is 0. The first-order valence-electron chi connectivity index (χ1n) is 3.92. The number of benzene rings is 1. The molecule has 0 bridgehead atoms. The number of rotatable bonds is 2. The number of hydrogen-bond donors (Lipinski definition) is 2. The van der Waals surface area contributed by atoms with Crippen molar-refractivity contribution < 1.29 is 10.2 Å². The van der Waals surface area contributed by atoms with E-state index in [2.05, 4.69) is 13.2 Å². The third-order valence-corrected chi connectivity index (χ3v) is 2.02. The topological polar surface area (TPSA) is 40.5 Å². The van der Waals surface area contributed by atoms with E-state index in [-0.39, 0.29) is 11.5 Å². The van der Waals surface area contributed by atoms with Gasteiger partial charge in [-0.2, -0.15) is 0 Å². The van der Waals surface area contributed by atoms with Gasteiger partial charge in [0, 0.05) is 11.1 Å². The van der Waals surface area contributed by atoms with Gasteiger partial charge in [-0.3, -0.25) is 0 Å². The van der Waals surface area contributed by atoms with Gasteiger partial charge in [-0.1, -0.05) is 25.3 Å². The number of hydrogen-bond acceptors (Lipinski definition) is 2. The van der Waals surface area contributed by atoms with Crippen molar-refractivity contribution in [3.8, 4) is 11.5 Å². The molecule has 0 spiro atoms. The lowest BCUT2D eigenvalue weighted by Crippen LogP contribution is -1.86. The van der Waals surface area contributed by atoms with Crippen LogP contribution < -0.4 is 0 Å². The van der Waals surface area contributed by atoms with E-state index in [1.807, 2.05) is 0 Å². The van der Waals surface area contributed by atoms with E-state index in [1.165, 1.54) is 0 Å². The van der Waals surface area contributed by atoms with Crippen LogP contribution in [0.2, 0.25) is 0 Å². The Hall–Kier alpha value is -1.70. The van der Waals surface area contributed by atoms with Crippen molar-refractivity contribution in [3.05, 3.63) is 35.9 Å². The molecule has 0 atom stereocenters. The Kier molecular flexibility index (Phi) is 2.42. The molecule has 2 heteroatoms. The molecule has 1 rings (SSSR count). The number of phenolic OH excluding ortho intramolecular Hbond substituents is 2. The first-order chi connectivity index (χ1) is 6.11. The quantitative estimate of drug-likeness (QED) is 0.727. The minimum Gasteiger partial charge on any atom is -0.508 e. The van der Waals surface area contributed by atoms with Gasteiger partial charge in [0.05, 0.1) is 0 Å². The third kappa shape index (κ3) is 1.43. The molecule has 2 N–H and O–H groups in total. The molecule has 0 fully saturated rings. The fourth-order valence-corrected chi connectivity index (χ4v) is 1.18. The molecule has 2 nitrogen and oxygen atoms in total. The lowest BCUT2D eigenvalue weighted by atomic mass is 10.0. The molecular formula is C11H12O2. The SMILES string of the molecule is C=Cc1cc(O)c(C)c(O)c1C=C. The molecule has 13 heavy (non-hydrogen) atoms. The summed E-state index contributed by atoms with van der Waals surface area (Å²) in [5.41, 5.74) is 1.74. The van der Waals surface area contributed by atoms with Gasteiger partial charge in [-0.15, -0.1) is 0 Å². The molecule has 0 saturated heterocycles. The zero-order valence-corrected chi connectivity index (χ0v) is 7.54. The summed E-state index contributed by atoms with van der Waals surface area (Å²) in [6.45, 7) is 8.81. The van der Waals surface area contributed by atoms with Crippen LogP contribution >= 0.6 is 0 Å². The van der Waals surface area contributed by atoms with Crippen molar-refractivity contribution >= 4 is 12.2 Å². The Balaban J connectivity index is 3.56. The Bertz CT molecular complexity index is 365. The van der Waals surface area contributed by atoms with Crippen molar-refractivity contribution in [1.82, 2.24) is 0 Å². The van der Waals surface area contributed by atoms with Gasteiger partial charge in [-0.05, 0) is 18.6 Å². The van der Waals surface area contributed by atoms with Crippen molar-refractivity contribution in [2.45, 2.75) is 6.92 Å². The third-order valence-electron chi connectivity index (χ3n) is 2.02. The lowest BCUT2D eigenvalue weighted by molar-refractivity contribution is 0.442. The van der Waals surface area contributed by atoms with Gasteiger partial charge in [0.2, 0.25) is 0 Å². The highest BCUT2D eigenvalue weighted by molar-refractivity contribution is 5.72. The summed E-state index contributed by atoms with van der Waals surface area (Å²) in [7, 11) is 0. The maximum atomic E-state index is 9.61. The molecule has 0 aliphatic heterocycles. The molecule has 0 heterocycles. The summed E-state index contributed by atoms with van der Waals surface area (Å²) in [6.07, 6.45) is 3.11. The smallest absolute Gasteiger partial charge is 0.129 e. The highest BCUT2D eigenvalue weighted by atomic mass is 16.3. The van der Waals surface area contributed by atoms with Crippen LogP contribution in [0.5, 0.6) is 11.5 Å². The molecule has 0 aliphatic carbocycles. The maximum Gasteiger partial charge on any atom is 0.129 e. The van der Waals surface area contributed by atoms with Gasteiger partial charge >= 0.3 is 0 Å². The fourth-order valence-electron chi connectivity index (χ4n) is 1.18. The Morgan fingerprint density at radius 1 is 1.23 bits per heavy atom. The second-order valence-electron chi connectivity index (χ2n) is 2.78. The summed E-state index contributed by atoms with van der Waals surface area (Å²) in [5, 5.41) is 19.0. The predicted octanol–water partition coefficient (Wildman–Crippen LogP) is 2.69. The van der Waals surface area contributed by atoms with Crippen LogP contribution in [0.3, 0.4) is 0 Å². The van der Waals surface area contributed by atoms with Crippen molar-refractivity contribution in [2.75, 3.05) is 0 Å². The van der Waals surface area contributed by atoms with E-state index in [0.29, 0.717) is 16.7 Å². The number of phenols is 2. The molecule has 0 saturated carbocycles. The summed E-state index contributed by atoms with van der Waals surface area (Å²) >= 11 is 0. The zero-order chi connectivity index (χ0) is 10.0. The highest BCUT2D eigenvalue weighted by Crippen LogP contribution is 2.33. The van der Waals surface area contributed by atoms with Crippen LogP contribution in [0.15, 0.2) is 19.2 Å². The molecular weight excluding hydrogens is 164 g/mol. The molecule has 0 amide bonds. The molecule has 0 aliphatic rings. The number of aromatic hydroxyl groups is 2. The average molecular weight is 176 g/mol. The van der Waals surface area contributed by atoms with Crippen LogP contribution in [0, 0.1) is 6.92 Å². The second-order valence-corrected chi connectivity index (χ2v) is 2.78. The molecule has 1 aromatic rings. The first-order valence-corrected chi connectivity index (χ1v) is 3.92. The average Bonchev–Trinajstić information content (AvgIpc) is 2.13. The van der Waals surface area contributed by atoms with Gasteiger partial charge < -0.3 is 10.2 Å². The van der Waals surface area contributed by atoms with E-state index in [0.717, 1.165) is 0 Å². The standard InChI is InChI=1S/C11H12O2/c1-4-8-6-10(12)7(3)11(13)9(8)5-2/h4-6,12-13H,1-2H2,3H3.